The number of hydrogen-bond donors (Lipinski definition) is 0. The number of aromatic nitrogens is 2. The van der Waals surface area contributed by atoms with E-state index in [4.69, 9.17) is 34.8 Å². The summed E-state index contributed by atoms with van der Waals surface area (Å²) in [5.41, 5.74) is 0.571. The van der Waals surface area contributed by atoms with Crippen LogP contribution in [0.15, 0.2) is 6.07 Å². The van der Waals surface area contributed by atoms with E-state index in [1.807, 2.05) is 0 Å². The SMILES string of the molecule is CCc1c(Cl)cc2nc(Cl)c(Cl)nc2c1[N+](=O)[O-]. The maximum Gasteiger partial charge on any atom is 0.301 e. The van der Waals surface area contributed by atoms with Crippen LogP contribution in [0.2, 0.25) is 15.3 Å². The number of fused-ring (bicyclic) bond motifs is 1. The summed E-state index contributed by atoms with van der Waals surface area (Å²) in [5, 5.41) is 11.3. The minimum absolute atomic E-state index is 0.0150. The Morgan fingerprint density at radius 1 is 1.28 bits per heavy atom. The van der Waals surface area contributed by atoms with E-state index in [0.29, 0.717) is 12.0 Å². The van der Waals surface area contributed by atoms with E-state index in [0.717, 1.165) is 0 Å². The van der Waals surface area contributed by atoms with Gasteiger partial charge in [0.15, 0.2) is 15.8 Å². The lowest BCUT2D eigenvalue weighted by Gasteiger charge is -2.06. The summed E-state index contributed by atoms with van der Waals surface area (Å²) in [6.07, 6.45) is 0.410. The third kappa shape index (κ3) is 2.09. The van der Waals surface area contributed by atoms with Crippen LogP contribution in [0.4, 0.5) is 5.69 Å². The average molecular weight is 307 g/mol. The van der Waals surface area contributed by atoms with Crippen LogP contribution in [0.1, 0.15) is 12.5 Å². The number of hydrogen-bond acceptors (Lipinski definition) is 4. The molecular formula is C10H6Cl3N3O2. The Bertz CT molecular complexity index is 661. The van der Waals surface area contributed by atoms with Gasteiger partial charge in [-0.25, -0.2) is 9.97 Å². The molecule has 5 nitrogen and oxygen atoms in total. The fraction of sp³-hybridized carbons (Fsp3) is 0.200. The molecule has 94 valence electrons. The van der Waals surface area contributed by atoms with Gasteiger partial charge in [0.2, 0.25) is 0 Å². The third-order valence-corrected chi connectivity index (χ3v) is 3.40. The number of benzene rings is 1. The van der Waals surface area contributed by atoms with Crippen molar-refractivity contribution in [1.29, 1.82) is 0 Å². The second-order valence-corrected chi connectivity index (χ2v) is 4.59. The largest absolute Gasteiger partial charge is 0.301 e. The van der Waals surface area contributed by atoms with Gasteiger partial charge in [0.05, 0.1) is 21.0 Å². The van der Waals surface area contributed by atoms with Crippen molar-refractivity contribution in [3.05, 3.63) is 37.1 Å². The normalized spacial score (nSPS) is 10.9. The molecule has 0 spiro atoms. The number of nitro benzene ring substituents is 1. The Morgan fingerprint density at radius 3 is 2.44 bits per heavy atom. The van der Waals surface area contributed by atoms with Crippen LogP contribution in [-0.2, 0) is 6.42 Å². The average Bonchev–Trinajstić information content (AvgIpc) is 2.29. The molecule has 1 heterocycles. The molecule has 8 heteroatoms. The molecular weight excluding hydrogens is 300 g/mol. The van der Waals surface area contributed by atoms with Crippen LogP contribution >= 0.6 is 34.8 Å². The van der Waals surface area contributed by atoms with Crippen LogP contribution in [0.25, 0.3) is 11.0 Å². The van der Waals surface area contributed by atoms with E-state index < -0.39 is 4.92 Å². The lowest BCUT2D eigenvalue weighted by atomic mass is 10.1. The molecule has 1 aromatic heterocycles. The fourth-order valence-corrected chi connectivity index (χ4v) is 2.26. The predicted molar refractivity (Wildman–Crippen MR) is 70.6 cm³/mol. The Balaban J connectivity index is 2.97. The number of rotatable bonds is 2. The molecule has 0 radical (unpaired) electrons. The van der Waals surface area contributed by atoms with Gasteiger partial charge in [0.1, 0.15) is 0 Å². The van der Waals surface area contributed by atoms with Crippen molar-refractivity contribution in [2.24, 2.45) is 0 Å². The summed E-state index contributed by atoms with van der Waals surface area (Å²) in [6, 6.07) is 1.50. The maximum absolute atomic E-state index is 11.1. The zero-order valence-corrected chi connectivity index (χ0v) is 11.3. The molecule has 0 amide bonds. The zero-order chi connectivity index (χ0) is 13.4. The second kappa shape index (κ2) is 4.84. The molecule has 0 bridgehead atoms. The number of nitro groups is 1. The first-order valence-electron chi connectivity index (χ1n) is 4.94. The Labute approximate surface area is 117 Å². The van der Waals surface area contributed by atoms with E-state index in [9.17, 15) is 10.1 Å². The van der Waals surface area contributed by atoms with E-state index in [-0.39, 0.29) is 32.0 Å². The summed E-state index contributed by atoms with van der Waals surface area (Å²) in [5.74, 6) is 0. The van der Waals surface area contributed by atoms with Gasteiger partial charge in [0.25, 0.3) is 0 Å². The van der Waals surface area contributed by atoms with Crippen molar-refractivity contribution in [2.75, 3.05) is 0 Å². The molecule has 0 atom stereocenters. The second-order valence-electron chi connectivity index (χ2n) is 3.47. The minimum atomic E-state index is -0.536. The third-order valence-electron chi connectivity index (χ3n) is 2.44. The molecule has 0 unspecified atom stereocenters. The van der Waals surface area contributed by atoms with Gasteiger partial charge in [-0.1, -0.05) is 41.7 Å². The van der Waals surface area contributed by atoms with E-state index >= 15 is 0 Å². The molecule has 0 fully saturated rings. The Morgan fingerprint density at radius 2 is 1.89 bits per heavy atom. The van der Waals surface area contributed by atoms with Gasteiger partial charge in [-0.15, -0.1) is 0 Å². The quantitative estimate of drug-likeness (QED) is 0.619. The number of halogens is 3. The molecule has 0 N–H and O–H groups in total. The maximum atomic E-state index is 11.1. The van der Waals surface area contributed by atoms with Crippen LogP contribution in [0, 0.1) is 10.1 Å². The highest BCUT2D eigenvalue weighted by molar-refractivity contribution is 6.41. The molecule has 0 aliphatic carbocycles. The van der Waals surface area contributed by atoms with Crippen LogP contribution in [0.5, 0.6) is 0 Å². The van der Waals surface area contributed by atoms with Gasteiger partial charge in [-0.05, 0) is 12.5 Å². The van der Waals surface area contributed by atoms with Gasteiger partial charge in [0, 0.05) is 0 Å². The van der Waals surface area contributed by atoms with Gasteiger partial charge in [-0.3, -0.25) is 10.1 Å². The van der Waals surface area contributed by atoms with Crippen molar-refractivity contribution in [2.45, 2.75) is 13.3 Å². The molecule has 18 heavy (non-hydrogen) atoms. The molecule has 0 aliphatic rings. The first-order chi connectivity index (χ1) is 8.45. The zero-order valence-electron chi connectivity index (χ0n) is 9.08. The smallest absolute Gasteiger partial charge is 0.258 e. The van der Waals surface area contributed by atoms with Gasteiger partial charge in [-0.2, -0.15) is 0 Å². The highest BCUT2D eigenvalue weighted by Crippen LogP contribution is 2.35. The first-order valence-corrected chi connectivity index (χ1v) is 6.07. The highest BCUT2D eigenvalue weighted by Gasteiger charge is 2.23. The molecule has 0 saturated carbocycles. The molecule has 2 aromatic rings. The van der Waals surface area contributed by atoms with Gasteiger partial charge < -0.3 is 0 Å². The highest BCUT2D eigenvalue weighted by atomic mass is 35.5. The van der Waals surface area contributed by atoms with Crippen molar-refractivity contribution >= 4 is 51.5 Å². The standard InChI is InChI=1S/C10H6Cl3N3O2/c1-2-4-5(11)3-6-7(8(4)16(17)18)15-10(13)9(12)14-6/h3H,2H2,1H3. The summed E-state index contributed by atoms with van der Waals surface area (Å²) < 4.78 is 0. The van der Waals surface area contributed by atoms with Crippen molar-refractivity contribution in [3.63, 3.8) is 0 Å². The Hall–Kier alpha value is -1.17. The monoisotopic (exact) mass is 305 g/mol. The summed E-state index contributed by atoms with van der Waals surface area (Å²) in [7, 11) is 0. The molecule has 2 rings (SSSR count). The van der Waals surface area contributed by atoms with Crippen LogP contribution < -0.4 is 0 Å². The lowest BCUT2D eigenvalue weighted by molar-refractivity contribution is -0.383. The minimum Gasteiger partial charge on any atom is -0.258 e. The first kappa shape index (κ1) is 13.3. The van der Waals surface area contributed by atoms with E-state index in [2.05, 4.69) is 9.97 Å². The van der Waals surface area contributed by atoms with Crippen LogP contribution in [-0.4, -0.2) is 14.9 Å². The van der Waals surface area contributed by atoms with Gasteiger partial charge >= 0.3 is 5.69 Å². The summed E-state index contributed by atoms with van der Waals surface area (Å²) >= 11 is 17.5. The summed E-state index contributed by atoms with van der Waals surface area (Å²) in [4.78, 5) is 18.5. The summed E-state index contributed by atoms with van der Waals surface area (Å²) in [6.45, 7) is 1.77. The lowest BCUT2D eigenvalue weighted by Crippen LogP contribution is -2.00. The van der Waals surface area contributed by atoms with E-state index in [1.165, 1.54) is 6.07 Å². The predicted octanol–water partition coefficient (Wildman–Crippen LogP) is 4.06. The topological polar surface area (TPSA) is 68.9 Å². The van der Waals surface area contributed by atoms with Crippen molar-refractivity contribution in [1.82, 2.24) is 9.97 Å². The number of nitrogens with zero attached hydrogens (tertiary/aromatic N) is 3. The van der Waals surface area contributed by atoms with Crippen molar-refractivity contribution < 1.29 is 4.92 Å². The molecule has 0 aliphatic heterocycles. The van der Waals surface area contributed by atoms with Crippen LogP contribution in [0.3, 0.4) is 0 Å². The van der Waals surface area contributed by atoms with E-state index in [1.54, 1.807) is 6.92 Å². The molecule has 0 saturated heterocycles. The fourth-order valence-electron chi connectivity index (χ4n) is 1.68. The molecule has 1 aromatic carbocycles. The van der Waals surface area contributed by atoms with Crippen molar-refractivity contribution in [3.8, 4) is 0 Å². The Kier molecular flexibility index (Phi) is 3.56.